The molecule has 0 unspecified atom stereocenters. The van der Waals surface area contributed by atoms with Crippen molar-refractivity contribution >= 4 is 11.6 Å². The number of carbonyl (C=O) groups excluding carboxylic acids is 1. The van der Waals surface area contributed by atoms with E-state index in [0.29, 0.717) is 18.2 Å². The number of aromatic amines is 1. The molecule has 0 saturated carbocycles. The first kappa shape index (κ1) is 13.1. The molecule has 1 heterocycles. The summed E-state index contributed by atoms with van der Waals surface area (Å²) in [5.41, 5.74) is -1.51. The fourth-order valence-corrected chi connectivity index (χ4v) is 1.37. The number of nitrogens with zero attached hydrogens (tertiary/aromatic N) is 1. The predicted octanol–water partition coefficient (Wildman–Crippen LogP) is 2.82. The van der Waals surface area contributed by atoms with E-state index in [1.54, 1.807) is 0 Å². The number of anilines is 1. The van der Waals surface area contributed by atoms with Crippen LogP contribution in [-0.4, -0.2) is 16.1 Å². The van der Waals surface area contributed by atoms with Gasteiger partial charge in [0.25, 0.3) is 5.91 Å². The number of hydrogen-bond acceptors (Lipinski definition) is 2. The second-order valence-corrected chi connectivity index (χ2v) is 3.63. The van der Waals surface area contributed by atoms with Crippen LogP contribution >= 0.6 is 0 Å². The van der Waals surface area contributed by atoms with Gasteiger partial charge in [-0.15, -0.1) is 0 Å². The van der Waals surface area contributed by atoms with Gasteiger partial charge in [0.05, 0.1) is 23.0 Å². The molecule has 0 atom stereocenters. The molecule has 100 valence electrons. The molecule has 4 nitrogen and oxygen atoms in total. The Kier molecular flexibility index (Phi) is 3.24. The lowest BCUT2D eigenvalue weighted by molar-refractivity contribution is -0.137. The van der Waals surface area contributed by atoms with Crippen molar-refractivity contribution in [1.29, 1.82) is 0 Å². The van der Waals surface area contributed by atoms with Crippen molar-refractivity contribution in [1.82, 2.24) is 10.2 Å². The first-order valence-electron chi connectivity index (χ1n) is 5.05. The predicted molar refractivity (Wildman–Crippen MR) is 57.9 cm³/mol. The molecule has 1 amide bonds. The van der Waals surface area contributed by atoms with Crippen LogP contribution < -0.4 is 5.32 Å². The number of halogens is 4. The maximum Gasteiger partial charge on any atom is 0.416 e. The molecule has 2 rings (SSSR count). The molecule has 0 aliphatic carbocycles. The first-order chi connectivity index (χ1) is 8.88. The van der Waals surface area contributed by atoms with Crippen LogP contribution in [0.3, 0.4) is 0 Å². The number of carbonyl (C=O) groups is 1. The van der Waals surface area contributed by atoms with E-state index in [4.69, 9.17) is 0 Å². The monoisotopic (exact) mass is 273 g/mol. The maximum atomic E-state index is 13.4. The molecular formula is C11H7F4N3O. The third-order valence-corrected chi connectivity index (χ3v) is 2.30. The zero-order chi connectivity index (χ0) is 14.0. The molecule has 0 aliphatic heterocycles. The summed E-state index contributed by atoms with van der Waals surface area (Å²) in [5, 5.41) is 7.92. The number of hydrogen-bond donors (Lipinski definition) is 2. The molecule has 8 heteroatoms. The largest absolute Gasteiger partial charge is 0.416 e. The summed E-state index contributed by atoms with van der Waals surface area (Å²) in [6, 6.07) is 1.78. The molecule has 1 aromatic heterocycles. The molecule has 1 aromatic carbocycles. The third-order valence-electron chi connectivity index (χ3n) is 2.30. The SMILES string of the molecule is O=C(Nc1cc(C(F)(F)F)ccc1F)c1cn[nH]c1. The number of benzene rings is 1. The van der Waals surface area contributed by atoms with Crippen molar-refractivity contribution in [3.05, 3.63) is 47.5 Å². The Bertz CT molecular complexity index is 592. The lowest BCUT2D eigenvalue weighted by Gasteiger charge is -2.10. The van der Waals surface area contributed by atoms with E-state index in [0.717, 1.165) is 0 Å². The van der Waals surface area contributed by atoms with Crippen LogP contribution in [0, 0.1) is 5.82 Å². The highest BCUT2D eigenvalue weighted by atomic mass is 19.4. The van der Waals surface area contributed by atoms with Gasteiger partial charge in [0, 0.05) is 6.20 Å². The summed E-state index contributed by atoms with van der Waals surface area (Å²) in [7, 11) is 0. The van der Waals surface area contributed by atoms with Crippen LogP contribution in [0.4, 0.5) is 23.2 Å². The van der Waals surface area contributed by atoms with Crippen molar-refractivity contribution in [2.45, 2.75) is 6.18 Å². The summed E-state index contributed by atoms with van der Waals surface area (Å²) >= 11 is 0. The molecule has 19 heavy (non-hydrogen) atoms. The van der Waals surface area contributed by atoms with Crippen molar-refractivity contribution in [3.8, 4) is 0 Å². The van der Waals surface area contributed by atoms with E-state index < -0.39 is 29.2 Å². The van der Waals surface area contributed by atoms with Crippen molar-refractivity contribution in [2.75, 3.05) is 5.32 Å². The van der Waals surface area contributed by atoms with Crippen LogP contribution in [0.2, 0.25) is 0 Å². The highest BCUT2D eigenvalue weighted by molar-refractivity contribution is 6.04. The Morgan fingerprint density at radius 3 is 2.63 bits per heavy atom. The molecule has 0 fully saturated rings. The van der Waals surface area contributed by atoms with Crippen molar-refractivity contribution in [3.63, 3.8) is 0 Å². The number of aromatic nitrogens is 2. The molecule has 0 spiro atoms. The van der Waals surface area contributed by atoms with Gasteiger partial charge in [-0.2, -0.15) is 18.3 Å². The zero-order valence-electron chi connectivity index (χ0n) is 9.25. The Morgan fingerprint density at radius 2 is 2.05 bits per heavy atom. The fraction of sp³-hybridized carbons (Fsp3) is 0.0909. The Hall–Kier alpha value is -2.38. The second-order valence-electron chi connectivity index (χ2n) is 3.63. The fourth-order valence-electron chi connectivity index (χ4n) is 1.37. The minimum atomic E-state index is -4.61. The van der Waals surface area contributed by atoms with E-state index in [2.05, 4.69) is 15.5 Å². The van der Waals surface area contributed by atoms with E-state index in [1.807, 2.05) is 0 Å². The Balaban J connectivity index is 2.27. The number of H-pyrrole nitrogens is 1. The highest BCUT2D eigenvalue weighted by Crippen LogP contribution is 2.31. The zero-order valence-corrected chi connectivity index (χ0v) is 9.25. The van der Waals surface area contributed by atoms with Gasteiger partial charge in [-0.1, -0.05) is 0 Å². The van der Waals surface area contributed by atoms with Gasteiger partial charge in [-0.05, 0) is 18.2 Å². The van der Waals surface area contributed by atoms with Gasteiger partial charge >= 0.3 is 6.18 Å². The summed E-state index contributed by atoms with van der Waals surface area (Å²) in [4.78, 5) is 11.6. The van der Waals surface area contributed by atoms with Gasteiger partial charge in [0.15, 0.2) is 0 Å². The second kappa shape index (κ2) is 4.71. The summed E-state index contributed by atoms with van der Waals surface area (Å²) in [6.45, 7) is 0. The molecule has 0 aliphatic rings. The van der Waals surface area contributed by atoms with E-state index >= 15 is 0 Å². The minimum Gasteiger partial charge on any atom is -0.319 e. The smallest absolute Gasteiger partial charge is 0.319 e. The van der Waals surface area contributed by atoms with Crippen molar-refractivity contribution in [2.24, 2.45) is 0 Å². The number of alkyl halides is 3. The van der Waals surface area contributed by atoms with E-state index in [9.17, 15) is 22.4 Å². The van der Waals surface area contributed by atoms with Crippen LogP contribution in [0.5, 0.6) is 0 Å². The summed E-state index contributed by atoms with van der Waals surface area (Å²) in [6.07, 6.45) is -2.20. The standard InChI is InChI=1S/C11H7F4N3O/c12-8-2-1-7(11(13,14)15)3-9(8)18-10(19)6-4-16-17-5-6/h1-5H,(H,16,17)(H,18,19). The quantitative estimate of drug-likeness (QED) is 0.826. The van der Waals surface area contributed by atoms with Crippen LogP contribution in [0.25, 0.3) is 0 Å². The van der Waals surface area contributed by atoms with E-state index in [1.165, 1.54) is 12.4 Å². The third kappa shape index (κ3) is 2.90. The van der Waals surface area contributed by atoms with Crippen LogP contribution in [0.1, 0.15) is 15.9 Å². The average molecular weight is 273 g/mol. The van der Waals surface area contributed by atoms with Gasteiger partial charge in [-0.3, -0.25) is 9.89 Å². The number of rotatable bonds is 2. The van der Waals surface area contributed by atoms with Crippen molar-refractivity contribution < 1.29 is 22.4 Å². The number of amides is 1. The summed E-state index contributed by atoms with van der Waals surface area (Å²) < 4.78 is 50.7. The summed E-state index contributed by atoms with van der Waals surface area (Å²) in [5.74, 6) is -1.71. The van der Waals surface area contributed by atoms with Gasteiger partial charge in [0.1, 0.15) is 5.82 Å². The lowest BCUT2D eigenvalue weighted by atomic mass is 10.2. The molecule has 2 aromatic rings. The molecule has 0 radical (unpaired) electrons. The van der Waals surface area contributed by atoms with Gasteiger partial charge < -0.3 is 5.32 Å². The molecule has 0 bridgehead atoms. The Morgan fingerprint density at radius 1 is 1.32 bits per heavy atom. The molecular weight excluding hydrogens is 266 g/mol. The molecule has 0 saturated heterocycles. The van der Waals surface area contributed by atoms with Gasteiger partial charge in [-0.25, -0.2) is 4.39 Å². The Labute approximate surface area is 104 Å². The van der Waals surface area contributed by atoms with Gasteiger partial charge in [0.2, 0.25) is 0 Å². The maximum absolute atomic E-state index is 13.4. The van der Waals surface area contributed by atoms with Crippen LogP contribution in [0.15, 0.2) is 30.6 Å². The highest BCUT2D eigenvalue weighted by Gasteiger charge is 2.31. The topological polar surface area (TPSA) is 57.8 Å². The minimum absolute atomic E-state index is 0.0804. The lowest BCUT2D eigenvalue weighted by Crippen LogP contribution is -2.14. The normalized spacial score (nSPS) is 11.4. The molecule has 2 N–H and O–H groups in total. The average Bonchev–Trinajstić information content (AvgIpc) is 2.84. The van der Waals surface area contributed by atoms with Crippen LogP contribution in [-0.2, 0) is 6.18 Å². The first-order valence-corrected chi connectivity index (χ1v) is 5.05. The number of nitrogens with one attached hydrogen (secondary N) is 2. The van der Waals surface area contributed by atoms with E-state index in [-0.39, 0.29) is 5.56 Å².